The zero-order chi connectivity index (χ0) is 18.1. The SMILES string of the molecule is CC(C)n1cc(N2CCC(F)(F)C2)c2nc(Cl)ncc21.O=C([O-])[O-].[K+].[K+]. The second kappa shape index (κ2) is 11.3. The molecule has 1 aliphatic rings. The molecule has 2 aromatic rings. The van der Waals surface area contributed by atoms with E-state index in [0.29, 0.717) is 17.7 Å². The van der Waals surface area contributed by atoms with E-state index in [9.17, 15) is 8.78 Å². The fourth-order valence-corrected chi connectivity index (χ4v) is 2.73. The van der Waals surface area contributed by atoms with Gasteiger partial charge in [0, 0.05) is 25.2 Å². The van der Waals surface area contributed by atoms with Crippen LogP contribution in [0.5, 0.6) is 0 Å². The maximum Gasteiger partial charge on any atom is 1.00 e. The Morgan fingerprint density at radius 3 is 2.38 bits per heavy atom. The molecular formula is C14H15ClF2K2N4O3. The van der Waals surface area contributed by atoms with E-state index in [4.69, 9.17) is 26.6 Å². The molecule has 7 nitrogen and oxygen atoms in total. The van der Waals surface area contributed by atoms with E-state index in [1.165, 1.54) is 0 Å². The molecular weight excluding hydrogens is 424 g/mol. The number of halogens is 3. The number of alkyl halides is 2. The first-order chi connectivity index (χ1) is 11.1. The van der Waals surface area contributed by atoms with Gasteiger partial charge in [-0.1, -0.05) is 0 Å². The Balaban J connectivity index is 0.000000951. The molecule has 12 heteroatoms. The Kier molecular flexibility index (Phi) is 11.8. The first kappa shape index (κ1) is 27.1. The van der Waals surface area contributed by atoms with Crippen LogP contribution in [-0.4, -0.2) is 39.7 Å². The molecule has 2 aromatic heterocycles. The maximum atomic E-state index is 13.4. The minimum Gasteiger partial charge on any atom is -0.652 e. The summed E-state index contributed by atoms with van der Waals surface area (Å²) in [5.74, 6) is -2.64. The van der Waals surface area contributed by atoms with Gasteiger partial charge in [0.1, 0.15) is 5.52 Å². The average Bonchev–Trinajstić information content (AvgIpc) is 2.98. The van der Waals surface area contributed by atoms with Gasteiger partial charge >= 0.3 is 103 Å². The number of fused-ring (bicyclic) bond motifs is 1. The summed E-state index contributed by atoms with van der Waals surface area (Å²) in [4.78, 5) is 18.2. The summed E-state index contributed by atoms with van der Waals surface area (Å²) in [5, 5.41) is 16.8. The number of hydrogen-bond acceptors (Lipinski definition) is 6. The second-order valence-corrected chi connectivity index (χ2v) is 6.00. The van der Waals surface area contributed by atoms with Gasteiger partial charge in [0.15, 0.2) is 0 Å². The fraction of sp³-hybridized carbons (Fsp3) is 0.500. The Labute approximate surface area is 239 Å². The standard InChI is InChI=1S/C13H15ClF2N4.CH2O3.2K/c1-8(2)20-6-10(19-4-3-13(15,16)7-19)11-9(20)5-17-12(14)18-11;2-1(3)4;;/h5-6,8H,3-4,7H2,1-2H3;(H2,2,3,4);;/q;;2*+1/p-2. The van der Waals surface area contributed by atoms with Gasteiger partial charge in [-0.2, -0.15) is 0 Å². The van der Waals surface area contributed by atoms with E-state index in [2.05, 4.69) is 9.97 Å². The normalized spacial score (nSPS) is 15.1. The topological polar surface area (TPSA) is 97.1 Å². The van der Waals surface area contributed by atoms with E-state index < -0.39 is 12.1 Å². The minimum atomic E-state index is -2.64. The molecule has 0 atom stereocenters. The molecule has 0 radical (unpaired) electrons. The zero-order valence-corrected chi connectivity index (χ0v) is 22.0. The van der Waals surface area contributed by atoms with Crippen molar-refractivity contribution in [1.29, 1.82) is 0 Å². The van der Waals surface area contributed by atoms with Gasteiger partial charge in [-0.3, -0.25) is 0 Å². The monoisotopic (exact) mass is 438 g/mol. The molecule has 0 N–H and O–H groups in total. The Morgan fingerprint density at radius 2 is 1.92 bits per heavy atom. The third-order valence-corrected chi connectivity index (χ3v) is 3.77. The van der Waals surface area contributed by atoms with Gasteiger partial charge in [0.2, 0.25) is 5.28 Å². The van der Waals surface area contributed by atoms with Crippen LogP contribution in [0.1, 0.15) is 26.3 Å². The van der Waals surface area contributed by atoms with Crippen molar-refractivity contribution in [2.75, 3.05) is 18.0 Å². The number of carbonyl (C=O) groups is 1. The van der Waals surface area contributed by atoms with Crippen molar-refractivity contribution in [3.63, 3.8) is 0 Å². The number of nitrogens with zero attached hydrogens (tertiary/aromatic N) is 4. The molecule has 0 aliphatic carbocycles. The predicted octanol–water partition coefficient (Wildman–Crippen LogP) is -4.93. The first-order valence-electron chi connectivity index (χ1n) is 7.14. The Morgan fingerprint density at radius 1 is 1.35 bits per heavy atom. The van der Waals surface area contributed by atoms with Crippen molar-refractivity contribution in [2.45, 2.75) is 32.2 Å². The van der Waals surface area contributed by atoms with Gasteiger partial charge in [-0.15, -0.1) is 0 Å². The summed E-state index contributed by atoms with van der Waals surface area (Å²) in [6, 6.07) is 0.194. The minimum absolute atomic E-state index is 0. The molecule has 0 unspecified atom stereocenters. The molecule has 0 bridgehead atoms. The van der Waals surface area contributed by atoms with Gasteiger partial charge in [-0.05, 0) is 31.6 Å². The number of hydrogen-bond donors (Lipinski definition) is 0. The average molecular weight is 439 g/mol. The number of rotatable bonds is 2. The first-order valence-corrected chi connectivity index (χ1v) is 7.52. The fourth-order valence-electron chi connectivity index (χ4n) is 2.59. The molecule has 3 heterocycles. The van der Waals surface area contributed by atoms with E-state index >= 15 is 0 Å². The van der Waals surface area contributed by atoms with E-state index in [1.807, 2.05) is 24.6 Å². The van der Waals surface area contributed by atoms with Crippen LogP contribution in [0.4, 0.5) is 19.3 Å². The van der Waals surface area contributed by atoms with Crippen LogP contribution in [0.15, 0.2) is 12.4 Å². The maximum absolute atomic E-state index is 13.4. The molecule has 0 saturated carbocycles. The molecule has 1 fully saturated rings. The van der Waals surface area contributed by atoms with Crippen molar-refractivity contribution < 1.29 is 127 Å². The summed E-state index contributed by atoms with van der Waals surface area (Å²) < 4.78 is 28.8. The van der Waals surface area contributed by atoms with Crippen LogP contribution in [0.3, 0.4) is 0 Å². The van der Waals surface area contributed by atoms with Crippen LogP contribution in [-0.2, 0) is 0 Å². The van der Waals surface area contributed by atoms with E-state index in [-0.39, 0.29) is 127 Å². The summed E-state index contributed by atoms with van der Waals surface area (Å²) in [7, 11) is 0. The van der Waals surface area contributed by atoms with Crippen LogP contribution in [0, 0.1) is 0 Å². The molecule has 26 heavy (non-hydrogen) atoms. The van der Waals surface area contributed by atoms with Crippen LogP contribution >= 0.6 is 11.6 Å². The van der Waals surface area contributed by atoms with Crippen molar-refractivity contribution in [2.24, 2.45) is 0 Å². The molecule has 1 saturated heterocycles. The molecule has 0 spiro atoms. The number of anilines is 1. The summed E-state index contributed by atoms with van der Waals surface area (Å²) in [6.45, 7) is 4.10. The van der Waals surface area contributed by atoms with Crippen molar-refractivity contribution in [3.8, 4) is 0 Å². The van der Waals surface area contributed by atoms with Gasteiger partial charge in [0.25, 0.3) is 5.92 Å². The van der Waals surface area contributed by atoms with Crippen molar-refractivity contribution in [1.82, 2.24) is 14.5 Å². The summed E-state index contributed by atoms with van der Waals surface area (Å²) in [6.07, 6.45) is 1.05. The van der Waals surface area contributed by atoms with Crippen LogP contribution in [0.2, 0.25) is 5.28 Å². The number of aromatic nitrogens is 3. The van der Waals surface area contributed by atoms with E-state index in [0.717, 1.165) is 5.52 Å². The molecule has 0 aromatic carbocycles. The smallest absolute Gasteiger partial charge is 0.652 e. The van der Waals surface area contributed by atoms with Gasteiger partial charge in [0.05, 0.1) is 23.9 Å². The largest absolute Gasteiger partial charge is 1.00 e. The van der Waals surface area contributed by atoms with Crippen molar-refractivity contribution >= 4 is 34.5 Å². The zero-order valence-electron chi connectivity index (χ0n) is 15.0. The van der Waals surface area contributed by atoms with Crippen LogP contribution < -0.4 is 118 Å². The molecule has 0 amide bonds. The Hall–Kier alpha value is 1.11. The third-order valence-electron chi connectivity index (χ3n) is 3.59. The molecule has 3 rings (SSSR count). The predicted molar refractivity (Wildman–Crippen MR) is 80.1 cm³/mol. The summed E-state index contributed by atoms with van der Waals surface area (Å²) >= 11 is 5.84. The van der Waals surface area contributed by atoms with Gasteiger partial charge in [-0.25, -0.2) is 18.7 Å². The van der Waals surface area contributed by atoms with E-state index in [1.54, 1.807) is 11.1 Å². The Bertz CT molecular complexity index is 757. The quantitative estimate of drug-likeness (QED) is 0.344. The number of carboxylic acid groups (broad SMARTS) is 2. The van der Waals surface area contributed by atoms with Gasteiger partial charge < -0.3 is 24.5 Å². The second-order valence-electron chi connectivity index (χ2n) is 5.67. The molecule has 132 valence electrons. The van der Waals surface area contributed by atoms with Crippen LogP contribution in [0.25, 0.3) is 11.0 Å². The third kappa shape index (κ3) is 7.17. The number of carbonyl (C=O) groups excluding carboxylic acids is 1. The molecule has 1 aliphatic heterocycles. The van der Waals surface area contributed by atoms with Crippen molar-refractivity contribution in [3.05, 3.63) is 17.7 Å². The summed E-state index contributed by atoms with van der Waals surface area (Å²) in [5.41, 5.74) is 2.15.